The van der Waals surface area contributed by atoms with Crippen molar-refractivity contribution in [3.63, 3.8) is 0 Å². The molecule has 4 rings (SSSR count). The van der Waals surface area contributed by atoms with Crippen molar-refractivity contribution in [1.82, 2.24) is 0 Å². The van der Waals surface area contributed by atoms with E-state index in [2.05, 4.69) is 40.1 Å². The van der Waals surface area contributed by atoms with E-state index < -0.39 is 0 Å². The molecule has 0 spiro atoms. The third kappa shape index (κ3) is 1.62. The van der Waals surface area contributed by atoms with Gasteiger partial charge in [0.15, 0.2) is 0 Å². The predicted molar refractivity (Wildman–Crippen MR) is 84.4 cm³/mol. The maximum atomic E-state index is 3.96. The molecule has 2 fully saturated rings. The lowest BCUT2D eigenvalue weighted by atomic mass is 9.56. The van der Waals surface area contributed by atoms with E-state index in [4.69, 9.17) is 0 Å². The summed E-state index contributed by atoms with van der Waals surface area (Å²) in [5.41, 5.74) is 3.81. The first-order valence-electron chi connectivity index (χ1n) is 7.86. The molecule has 0 amide bonds. The van der Waals surface area contributed by atoms with Crippen LogP contribution in [0.2, 0.25) is 0 Å². The van der Waals surface area contributed by atoms with Crippen LogP contribution >= 0.6 is 8.86 Å². The Morgan fingerprint density at radius 1 is 1.11 bits per heavy atom. The van der Waals surface area contributed by atoms with E-state index in [0.717, 1.165) is 17.8 Å². The van der Waals surface area contributed by atoms with Gasteiger partial charge < -0.3 is 0 Å². The molecule has 4 atom stereocenters. The zero-order valence-electron chi connectivity index (χ0n) is 11.8. The Bertz CT molecular complexity index is 532. The maximum Gasteiger partial charge on any atom is -0.00443 e. The molecule has 1 aromatic carbocycles. The second kappa shape index (κ2) is 4.19. The fourth-order valence-corrected chi connectivity index (χ4v) is 5.79. The molecule has 0 bridgehead atoms. The van der Waals surface area contributed by atoms with E-state index in [9.17, 15) is 0 Å². The zero-order valence-corrected chi connectivity index (χ0v) is 12.8. The van der Waals surface area contributed by atoms with Crippen molar-refractivity contribution in [2.24, 2.45) is 17.3 Å². The molecule has 0 heterocycles. The molecule has 3 aliphatic carbocycles. The molecule has 0 nitrogen and oxygen atoms in total. The molecule has 3 aliphatic rings. The van der Waals surface area contributed by atoms with Crippen molar-refractivity contribution >= 4 is 14.2 Å². The predicted octanol–water partition coefficient (Wildman–Crippen LogP) is 4.86. The monoisotopic (exact) mass is 270 g/mol. The van der Waals surface area contributed by atoms with Gasteiger partial charge in [-0.2, -0.15) is 0 Å². The van der Waals surface area contributed by atoms with E-state index in [0.29, 0.717) is 5.41 Å². The second-order valence-electron chi connectivity index (χ2n) is 7.09. The lowest BCUT2D eigenvalue weighted by molar-refractivity contribution is 0.0967. The number of rotatable bonds is 0. The summed E-state index contributed by atoms with van der Waals surface area (Å²) in [5.74, 6) is 2.70. The molecule has 1 heteroatoms. The third-order valence-electron chi connectivity index (χ3n) is 6.42. The highest BCUT2D eigenvalue weighted by Gasteiger charge is 2.51. The molecule has 0 N–H and O–H groups in total. The molecule has 100 valence electrons. The van der Waals surface area contributed by atoms with Gasteiger partial charge in [0.25, 0.3) is 0 Å². The standard InChI is InChI=1S/C18H23P/c1-18-11-10-14-13-5-3-2-4-12(13)6-7-15(14)16(18)8-9-17(18)19/h2-5,14-16,19H,6-11H2,1H3. The Morgan fingerprint density at radius 3 is 2.84 bits per heavy atom. The highest BCUT2D eigenvalue weighted by atomic mass is 31.0. The number of fused-ring (bicyclic) bond motifs is 5. The Balaban J connectivity index is 1.74. The molecule has 4 unspecified atom stereocenters. The van der Waals surface area contributed by atoms with Crippen LogP contribution < -0.4 is 0 Å². The van der Waals surface area contributed by atoms with E-state index in [1.807, 2.05) is 0 Å². The Kier molecular flexibility index (Phi) is 2.68. The zero-order chi connectivity index (χ0) is 13.0. The van der Waals surface area contributed by atoms with Crippen molar-refractivity contribution in [2.45, 2.75) is 51.4 Å². The van der Waals surface area contributed by atoms with E-state index in [1.54, 1.807) is 16.4 Å². The smallest absolute Gasteiger partial charge is 0.00443 e. The van der Waals surface area contributed by atoms with Crippen LogP contribution in [0.4, 0.5) is 0 Å². The molecule has 1 aromatic rings. The van der Waals surface area contributed by atoms with Crippen LogP contribution in [0.25, 0.3) is 0 Å². The van der Waals surface area contributed by atoms with Crippen LogP contribution in [-0.2, 0) is 6.42 Å². The molecule has 0 radical (unpaired) electrons. The van der Waals surface area contributed by atoms with Crippen molar-refractivity contribution in [1.29, 1.82) is 0 Å². The van der Waals surface area contributed by atoms with Gasteiger partial charge in [-0.05, 0) is 78.1 Å². The summed E-state index contributed by atoms with van der Waals surface area (Å²) in [6, 6.07) is 9.22. The molecule has 0 saturated heterocycles. The Hall–Kier alpha value is -0.610. The van der Waals surface area contributed by atoms with Crippen LogP contribution in [0.3, 0.4) is 0 Å². The first-order valence-corrected chi connectivity index (χ1v) is 8.36. The minimum Gasteiger partial charge on any atom is -0.123 e. The van der Waals surface area contributed by atoms with E-state index >= 15 is 0 Å². The van der Waals surface area contributed by atoms with Crippen molar-refractivity contribution in [2.75, 3.05) is 0 Å². The average Bonchev–Trinajstić information content (AvgIpc) is 2.75. The van der Waals surface area contributed by atoms with Crippen LogP contribution in [0, 0.1) is 17.3 Å². The number of benzene rings is 1. The molecule has 0 aliphatic heterocycles. The summed E-state index contributed by atoms with van der Waals surface area (Å²) < 4.78 is 0. The minimum absolute atomic E-state index is 0.490. The molecule has 2 saturated carbocycles. The van der Waals surface area contributed by atoms with Crippen molar-refractivity contribution < 1.29 is 0 Å². The fraction of sp³-hybridized carbons (Fsp3) is 0.611. The van der Waals surface area contributed by atoms with Gasteiger partial charge in [0, 0.05) is 0 Å². The van der Waals surface area contributed by atoms with Crippen molar-refractivity contribution in [3.8, 4) is 0 Å². The molecular formula is C18H23P. The lowest BCUT2D eigenvalue weighted by Gasteiger charge is -2.49. The largest absolute Gasteiger partial charge is 0.123 e. The molecule has 19 heavy (non-hydrogen) atoms. The summed E-state index contributed by atoms with van der Waals surface area (Å²) in [6.45, 7) is 2.52. The van der Waals surface area contributed by atoms with Crippen LogP contribution in [-0.4, -0.2) is 5.29 Å². The first kappa shape index (κ1) is 12.2. The maximum absolute atomic E-state index is 3.96. The van der Waals surface area contributed by atoms with Gasteiger partial charge in [0.2, 0.25) is 0 Å². The molecular weight excluding hydrogens is 247 g/mol. The van der Waals surface area contributed by atoms with Gasteiger partial charge >= 0.3 is 0 Å². The quantitative estimate of drug-likeness (QED) is 0.591. The van der Waals surface area contributed by atoms with Gasteiger partial charge in [-0.25, -0.2) is 0 Å². The minimum atomic E-state index is 0.490. The summed E-state index contributed by atoms with van der Waals surface area (Å²) >= 11 is 0. The summed E-state index contributed by atoms with van der Waals surface area (Å²) in [7, 11) is 3.96. The summed E-state index contributed by atoms with van der Waals surface area (Å²) in [6.07, 6.45) is 8.22. The van der Waals surface area contributed by atoms with Crippen LogP contribution in [0.1, 0.15) is 56.1 Å². The topological polar surface area (TPSA) is 0 Å². The Labute approximate surface area is 118 Å². The second-order valence-corrected chi connectivity index (χ2v) is 7.69. The normalized spacial score (nSPS) is 40.5. The van der Waals surface area contributed by atoms with E-state index in [-0.39, 0.29) is 0 Å². The highest BCUT2D eigenvalue weighted by Crippen LogP contribution is 2.59. The summed E-state index contributed by atoms with van der Waals surface area (Å²) in [5, 5.41) is 1.61. The van der Waals surface area contributed by atoms with Crippen molar-refractivity contribution in [3.05, 3.63) is 35.4 Å². The van der Waals surface area contributed by atoms with Gasteiger partial charge in [0.1, 0.15) is 0 Å². The number of hydrogen-bond acceptors (Lipinski definition) is 0. The number of hydrogen-bond donors (Lipinski definition) is 0. The van der Waals surface area contributed by atoms with Crippen LogP contribution in [0.5, 0.6) is 0 Å². The average molecular weight is 270 g/mol. The lowest BCUT2D eigenvalue weighted by Crippen LogP contribution is -2.41. The van der Waals surface area contributed by atoms with Gasteiger partial charge in [-0.1, -0.05) is 31.2 Å². The summed E-state index contributed by atoms with van der Waals surface area (Å²) in [4.78, 5) is 0. The highest BCUT2D eigenvalue weighted by molar-refractivity contribution is 7.21. The van der Waals surface area contributed by atoms with E-state index in [1.165, 1.54) is 38.5 Å². The third-order valence-corrected chi connectivity index (χ3v) is 7.24. The van der Waals surface area contributed by atoms with Gasteiger partial charge in [-0.3, -0.25) is 0 Å². The first-order chi connectivity index (χ1) is 9.20. The van der Waals surface area contributed by atoms with Gasteiger partial charge in [-0.15, -0.1) is 8.86 Å². The SMILES string of the molecule is CC12CCC3c4ccccc4CCC3C1CCC2=P. The molecule has 0 aromatic heterocycles. The fourth-order valence-electron chi connectivity index (χ4n) is 5.33. The van der Waals surface area contributed by atoms with Crippen LogP contribution in [0.15, 0.2) is 24.3 Å². The number of aryl methyl sites for hydroxylation is 1. The Morgan fingerprint density at radius 2 is 1.95 bits per heavy atom. The van der Waals surface area contributed by atoms with Gasteiger partial charge in [0.05, 0.1) is 0 Å².